The van der Waals surface area contributed by atoms with Gasteiger partial charge < -0.3 is 20.7 Å². The first-order valence-corrected chi connectivity index (χ1v) is 10.0. The average molecular weight is 408 g/mol. The zero-order valence-electron chi connectivity index (χ0n) is 16.5. The summed E-state index contributed by atoms with van der Waals surface area (Å²) in [5.41, 5.74) is 1.29. The van der Waals surface area contributed by atoms with Crippen molar-refractivity contribution in [1.82, 2.24) is 5.32 Å². The molecule has 0 saturated carbocycles. The smallest absolute Gasteiger partial charge is 0.306 e. The Kier molecular flexibility index (Phi) is 11.5. The summed E-state index contributed by atoms with van der Waals surface area (Å²) in [5, 5.41) is 8.38. The Morgan fingerprint density at radius 1 is 0.929 bits per heavy atom. The lowest BCUT2D eigenvalue weighted by Crippen LogP contribution is -2.34. The summed E-state index contributed by atoms with van der Waals surface area (Å²) in [6.45, 7) is 4.34. The summed E-state index contributed by atoms with van der Waals surface area (Å²) in [6.07, 6.45) is 4.19. The van der Waals surface area contributed by atoms with E-state index in [1.165, 1.54) is 0 Å². The number of nitrogens with one attached hydrogen (secondary N) is 3. The largest absolute Gasteiger partial charge is 0.466 e. The molecular weight excluding hydrogens is 378 g/mol. The van der Waals surface area contributed by atoms with Gasteiger partial charge in [-0.1, -0.05) is 32.8 Å². The molecule has 0 aromatic heterocycles. The lowest BCUT2D eigenvalue weighted by Gasteiger charge is -2.11. The monoisotopic (exact) mass is 407 g/mol. The fraction of sp³-hybridized carbons (Fsp3) is 0.500. The number of hydrogen-bond donors (Lipinski definition) is 3. The summed E-state index contributed by atoms with van der Waals surface area (Å²) >= 11 is 5.12. The number of esters is 1. The van der Waals surface area contributed by atoms with Crippen molar-refractivity contribution in [2.75, 3.05) is 17.2 Å². The number of unbranched alkanes of at least 4 members (excludes halogenated alkanes) is 2. The highest BCUT2D eigenvalue weighted by atomic mass is 32.1. The predicted octanol–water partition coefficient (Wildman–Crippen LogP) is 3.75. The zero-order chi connectivity index (χ0) is 20.8. The number of benzene rings is 1. The Bertz CT molecular complexity index is 679. The Morgan fingerprint density at radius 3 is 2.32 bits per heavy atom. The molecule has 2 amide bonds. The van der Waals surface area contributed by atoms with Crippen molar-refractivity contribution < 1.29 is 19.1 Å². The van der Waals surface area contributed by atoms with E-state index in [0.29, 0.717) is 24.4 Å². The Balaban J connectivity index is 2.42. The number of anilines is 2. The molecule has 0 aliphatic rings. The van der Waals surface area contributed by atoms with E-state index in [1.807, 2.05) is 6.92 Å². The van der Waals surface area contributed by atoms with Crippen LogP contribution in [0.2, 0.25) is 0 Å². The van der Waals surface area contributed by atoms with E-state index in [1.54, 1.807) is 24.3 Å². The molecule has 0 atom stereocenters. The molecule has 0 bridgehead atoms. The van der Waals surface area contributed by atoms with Gasteiger partial charge in [-0.3, -0.25) is 14.4 Å². The van der Waals surface area contributed by atoms with E-state index in [2.05, 4.69) is 22.9 Å². The van der Waals surface area contributed by atoms with Gasteiger partial charge in [-0.25, -0.2) is 0 Å². The standard InChI is InChI=1S/C20H29N3O4S/c1-3-5-6-10-17(24)21-15-8-7-9-16(14-15)22-20(28)23-18(25)11-12-19(26)27-13-4-2/h7-9,14H,3-6,10-13H2,1-2H3,(H,21,24)(H2,22,23,25,28). The lowest BCUT2D eigenvalue weighted by molar-refractivity contribution is -0.144. The molecular formula is C20H29N3O4S. The first-order chi connectivity index (χ1) is 13.4. The topological polar surface area (TPSA) is 96.5 Å². The fourth-order valence-corrected chi connectivity index (χ4v) is 2.52. The number of ether oxygens (including phenoxy) is 1. The molecule has 1 aromatic rings. The average Bonchev–Trinajstić information content (AvgIpc) is 2.65. The van der Waals surface area contributed by atoms with Crippen molar-refractivity contribution in [3.63, 3.8) is 0 Å². The molecule has 0 fully saturated rings. The predicted molar refractivity (Wildman–Crippen MR) is 114 cm³/mol. The molecule has 0 saturated heterocycles. The zero-order valence-corrected chi connectivity index (χ0v) is 17.3. The van der Waals surface area contributed by atoms with E-state index < -0.39 is 5.97 Å². The van der Waals surface area contributed by atoms with Gasteiger partial charge in [-0.15, -0.1) is 0 Å². The number of carbonyl (C=O) groups is 3. The van der Waals surface area contributed by atoms with Crippen LogP contribution < -0.4 is 16.0 Å². The van der Waals surface area contributed by atoms with E-state index in [9.17, 15) is 14.4 Å². The number of rotatable bonds is 11. The van der Waals surface area contributed by atoms with Gasteiger partial charge >= 0.3 is 5.97 Å². The molecule has 0 radical (unpaired) electrons. The summed E-state index contributed by atoms with van der Waals surface area (Å²) < 4.78 is 4.92. The minimum absolute atomic E-state index is 0.00176. The van der Waals surface area contributed by atoms with Crippen molar-refractivity contribution in [1.29, 1.82) is 0 Å². The minimum Gasteiger partial charge on any atom is -0.466 e. The lowest BCUT2D eigenvalue weighted by atomic mass is 10.2. The van der Waals surface area contributed by atoms with Crippen LogP contribution in [0.4, 0.5) is 11.4 Å². The third-order valence-corrected chi connectivity index (χ3v) is 3.89. The van der Waals surface area contributed by atoms with Crippen LogP contribution in [-0.4, -0.2) is 29.5 Å². The summed E-state index contributed by atoms with van der Waals surface area (Å²) in [5.74, 6) is -0.805. The molecule has 8 heteroatoms. The maximum absolute atomic E-state index is 11.9. The number of hydrogen-bond acceptors (Lipinski definition) is 5. The third-order valence-electron chi connectivity index (χ3n) is 3.69. The second-order valence-electron chi connectivity index (χ2n) is 6.31. The van der Waals surface area contributed by atoms with E-state index in [0.717, 1.165) is 25.7 Å². The van der Waals surface area contributed by atoms with Crippen LogP contribution in [0.1, 0.15) is 58.8 Å². The van der Waals surface area contributed by atoms with Gasteiger partial charge in [-0.05, 0) is 43.3 Å². The van der Waals surface area contributed by atoms with Crippen molar-refractivity contribution in [2.24, 2.45) is 0 Å². The number of amides is 2. The van der Waals surface area contributed by atoms with Gasteiger partial charge in [0.15, 0.2) is 5.11 Å². The molecule has 0 aliphatic carbocycles. The van der Waals surface area contributed by atoms with E-state index in [4.69, 9.17) is 17.0 Å². The normalized spacial score (nSPS) is 10.1. The van der Waals surface area contributed by atoms with Crippen LogP contribution in [0.5, 0.6) is 0 Å². The third kappa shape index (κ3) is 10.6. The molecule has 3 N–H and O–H groups in total. The van der Waals surface area contributed by atoms with Crippen LogP contribution in [-0.2, 0) is 19.1 Å². The fourth-order valence-electron chi connectivity index (χ4n) is 2.29. The van der Waals surface area contributed by atoms with E-state index in [-0.39, 0.29) is 29.8 Å². The highest BCUT2D eigenvalue weighted by Crippen LogP contribution is 2.15. The van der Waals surface area contributed by atoms with Crippen LogP contribution >= 0.6 is 12.2 Å². The van der Waals surface area contributed by atoms with Crippen LogP contribution in [0, 0.1) is 0 Å². The highest BCUT2D eigenvalue weighted by molar-refractivity contribution is 7.80. The van der Waals surface area contributed by atoms with Crippen molar-refractivity contribution in [3.8, 4) is 0 Å². The quantitative estimate of drug-likeness (QED) is 0.294. The van der Waals surface area contributed by atoms with Crippen molar-refractivity contribution in [2.45, 2.75) is 58.8 Å². The minimum atomic E-state index is -0.404. The summed E-state index contributed by atoms with van der Waals surface area (Å²) in [4.78, 5) is 35.2. The van der Waals surface area contributed by atoms with Crippen molar-refractivity contribution in [3.05, 3.63) is 24.3 Å². The van der Waals surface area contributed by atoms with Crippen LogP contribution in [0.15, 0.2) is 24.3 Å². The second-order valence-corrected chi connectivity index (χ2v) is 6.72. The highest BCUT2D eigenvalue weighted by Gasteiger charge is 2.10. The maximum Gasteiger partial charge on any atom is 0.306 e. The molecule has 1 rings (SSSR count). The molecule has 7 nitrogen and oxygen atoms in total. The Labute approximate surface area is 171 Å². The van der Waals surface area contributed by atoms with Crippen LogP contribution in [0.25, 0.3) is 0 Å². The molecule has 0 aliphatic heterocycles. The molecule has 1 aromatic carbocycles. The van der Waals surface area contributed by atoms with Gasteiger partial charge in [0.25, 0.3) is 0 Å². The first kappa shape index (κ1) is 23.6. The molecule has 0 unspecified atom stereocenters. The summed E-state index contributed by atoms with van der Waals surface area (Å²) in [7, 11) is 0. The number of carbonyl (C=O) groups excluding carboxylic acids is 3. The van der Waals surface area contributed by atoms with Gasteiger partial charge in [-0.2, -0.15) is 0 Å². The second kappa shape index (κ2) is 13.7. The number of thiocarbonyl (C=S) groups is 1. The maximum atomic E-state index is 11.9. The van der Waals surface area contributed by atoms with Gasteiger partial charge in [0.1, 0.15) is 0 Å². The molecule has 154 valence electrons. The van der Waals surface area contributed by atoms with Gasteiger partial charge in [0.2, 0.25) is 11.8 Å². The van der Waals surface area contributed by atoms with Gasteiger partial charge in [0.05, 0.1) is 13.0 Å². The summed E-state index contributed by atoms with van der Waals surface area (Å²) in [6, 6.07) is 7.07. The molecule has 28 heavy (non-hydrogen) atoms. The van der Waals surface area contributed by atoms with Crippen LogP contribution in [0.3, 0.4) is 0 Å². The van der Waals surface area contributed by atoms with Crippen molar-refractivity contribution >= 4 is 46.5 Å². The van der Waals surface area contributed by atoms with E-state index >= 15 is 0 Å². The first-order valence-electron chi connectivity index (χ1n) is 9.61. The van der Waals surface area contributed by atoms with Gasteiger partial charge in [0, 0.05) is 24.2 Å². The Hall–Kier alpha value is -2.48. The Morgan fingerprint density at radius 2 is 1.64 bits per heavy atom. The molecule has 0 heterocycles. The molecule has 0 spiro atoms. The SMILES string of the molecule is CCCCCC(=O)Nc1cccc(NC(=S)NC(=O)CCC(=O)OCCC)c1.